The minimum atomic E-state index is -4.37. The van der Waals surface area contributed by atoms with Gasteiger partial charge in [-0.05, 0) is 71.8 Å². The highest BCUT2D eigenvalue weighted by molar-refractivity contribution is 9.09. The van der Waals surface area contributed by atoms with Crippen molar-refractivity contribution in [3.05, 3.63) is 63.5 Å². The molecule has 1 spiro atoms. The minimum absolute atomic E-state index is 0.145. The molecule has 0 radical (unpaired) electrons. The van der Waals surface area contributed by atoms with Gasteiger partial charge in [-0.3, -0.25) is 4.98 Å². The largest absolute Gasteiger partial charge is 0.416 e. The number of nitrogens with zero attached hydrogens (tertiary/aromatic N) is 1. The smallest absolute Gasteiger partial charge is 0.356 e. The summed E-state index contributed by atoms with van der Waals surface area (Å²) in [5.41, 5.74) is 5.97. The van der Waals surface area contributed by atoms with Gasteiger partial charge in [0.2, 0.25) is 0 Å². The van der Waals surface area contributed by atoms with Crippen molar-refractivity contribution in [2.45, 2.75) is 146 Å². The Hall–Kier alpha value is -1.18. The minimum Gasteiger partial charge on any atom is -0.356 e. The molecule has 4 atom stereocenters. The molecule has 2 nitrogen and oxygen atoms in total. The molecule has 0 bridgehead atoms. The lowest BCUT2D eigenvalue weighted by molar-refractivity contribution is -0.137. The van der Waals surface area contributed by atoms with Crippen LogP contribution in [-0.4, -0.2) is 17.9 Å². The fourth-order valence-electron chi connectivity index (χ4n) is 7.74. The maximum absolute atomic E-state index is 13.5. The van der Waals surface area contributed by atoms with Gasteiger partial charge in [-0.1, -0.05) is 89.4 Å². The van der Waals surface area contributed by atoms with Crippen molar-refractivity contribution in [2.75, 3.05) is 0 Å². The standard InChI is InChI=1S/C35H49BrF3NOSi/c1-21(2)30-28-29(27-23(20-42(8,9)32(3,4)5)18-33(6,7)19-25(27)40-30)34(17-11-10-12-26(34)36)41-31(28)22-13-15-24(16-14-22)35(37,38)39/h13-16,21,23,26,31H,10-12,17-20H2,1-9H3/q-1/t23-,26?,31-,34?/m1/s1. The normalized spacial score (nSPS) is 27.8. The first-order valence-corrected chi connectivity index (χ1v) is 20.0. The molecule has 1 aromatic heterocycles. The van der Waals surface area contributed by atoms with E-state index < -0.39 is 31.5 Å². The van der Waals surface area contributed by atoms with Crippen LogP contribution in [0.5, 0.6) is 0 Å². The van der Waals surface area contributed by atoms with E-state index in [0.29, 0.717) is 5.92 Å². The highest BCUT2D eigenvalue weighted by Crippen LogP contribution is 2.61. The van der Waals surface area contributed by atoms with Crippen molar-refractivity contribution >= 4 is 24.0 Å². The molecular weight excluding hydrogens is 615 g/mol. The predicted molar refractivity (Wildman–Crippen MR) is 172 cm³/mol. The van der Waals surface area contributed by atoms with E-state index in [1.807, 2.05) is 0 Å². The molecule has 233 valence electrons. The quantitative estimate of drug-likeness (QED) is 0.240. The van der Waals surface area contributed by atoms with Crippen molar-refractivity contribution in [3.8, 4) is 0 Å². The Kier molecular flexibility index (Phi) is 8.22. The van der Waals surface area contributed by atoms with Crippen LogP contribution in [0.4, 0.5) is 13.2 Å². The zero-order valence-corrected chi connectivity index (χ0v) is 29.5. The summed E-state index contributed by atoms with van der Waals surface area (Å²) in [7, 11) is -1.66. The van der Waals surface area contributed by atoms with Crippen LogP contribution in [0.15, 0.2) is 24.3 Å². The van der Waals surface area contributed by atoms with Gasteiger partial charge >= 0.3 is 6.18 Å². The van der Waals surface area contributed by atoms with Crippen molar-refractivity contribution in [1.29, 1.82) is 0 Å². The van der Waals surface area contributed by atoms with E-state index in [1.165, 1.54) is 35.0 Å². The molecule has 42 heavy (non-hydrogen) atoms. The summed E-state index contributed by atoms with van der Waals surface area (Å²) < 4.78 is 47.8. The van der Waals surface area contributed by atoms with Crippen LogP contribution < -0.4 is 0 Å². The third-order valence-corrected chi connectivity index (χ3v) is 17.7. The van der Waals surface area contributed by atoms with Gasteiger partial charge in [0.1, 0.15) is 11.7 Å². The molecule has 1 saturated carbocycles. The Balaban J connectivity index is 1.79. The number of halogens is 4. The summed E-state index contributed by atoms with van der Waals surface area (Å²) in [5.74, 6) is 0.557. The van der Waals surface area contributed by atoms with Gasteiger partial charge in [-0.25, -0.2) is 0 Å². The second-order valence-electron chi connectivity index (χ2n) is 16.1. The van der Waals surface area contributed by atoms with Crippen molar-refractivity contribution in [2.24, 2.45) is 5.41 Å². The van der Waals surface area contributed by atoms with Crippen molar-refractivity contribution in [3.63, 3.8) is 0 Å². The van der Waals surface area contributed by atoms with E-state index in [9.17, 15) is 13.2 Å². The summed E-state index contributed by atoms with van der Waals surface area (Å²) in [5, 5.41) is 0.267. The highest BCUT2D eigenvalue weighted by atomic mass is 79.9. The Morgan fingerprint density at radius 3 is 2.24 bits per heavy atom. The van der Waals surface area contributed by atoms with Crippen molar-refractivity contribution < 1.29 is 17.9 Å². The van der Waals surface area contributed by atoms with Crippen LogP contribution in [0.3, 0.4) is 0 Å². The van der Waals surface area contributed by atoms with Crippen LogP contribution in [0.1, 0.15) is 138 Å². The van der Waals surface area contributed by atoms with Gasteiger partial charge in [-0.2, -0.15) is 26.3 Å². The van der Waals surface area contributed by atoms with Gasteiger partial charge in [-0.15, -0.1) is 19.2 Å². The Bertz CT molecular complexity index is 1330. The molecule has 1 aromatic carbocycles. The third kappa shape index (κ3) is 5.57. The molecule has 2 aromatic rings. The molecule has 0 saturated heterocycles. The van der Waals surface area contributed by atoms with Crippen LogP contribution in [0.25, 0.3) is 0 Å². The lowest BCUT2D eigenvalue weighted by Crippen LogP contribution is -2.43. The van der Waals surface area contributed by atoms with E-state index in [0.717, 1.165) is 55.3 Å². The summed E-state index contributed by atoms with van der Waals surface area (Å²) in [4.78, 5) is 5.64. The number of fused-ring (bicyclic) bond motifs is 4. The van der Waals surface area contributed by atoms with Crippen molar-refractivity contribution in [1.82, 2.24) is 4.98 Å². The fraction of sp³-hybridized carbons (Fsp3) is 0.686. The first kappa shape index (κ1) is 32.2. The van der Waals surface area contributed by atoms with E-state index in [4.69, 9.17) is 9.72 Å². The van der Waals surface area contributed by atoms with Gasteiger partial charge in [0.15, 0.2) is 0 Å². The first-order valence-electron chi connectivity index (χ1n) is 15.8. The Morgan fingerprint density at radius 2 is 1.69 bits per heavy atom. The molecule has 0 amide bonds. The molecule has 2 aliphatic carbocycles. The highest BCUT2D eigenvalue weighted by Gasteiger charge is 2.55. The number of benzene rings is 1. The van der Waals surface area contributed by atoms with Gasteiger partial charge in [0.05, 0.1) is 5.56 Å². The number of rotatable bonds is 4. The lowest BCUT2D eigenvalue weighted by Gasteiger charge is -2.53. The SMILES string of the molecule is CC(C)c1nc2c(c3c1[C@@H](c1ccc(C(F)(F)F)cc1)OC31CCCCC1Br)[C@@H](C[Si-](C)(C)C(C)(C)C)CC(C)(C)C2. The molecule has 2 unspecified atom stereocenters. The number of alkyl halides is 4. The molecular formula is C35H49BrF3NOSi-. The fourth-order valence-corrected chi connectivity index (χ4v) is 10.8. The van der Waals surface area contributed by atoms with Crippen LogP contribution in [-0.2, 0) is 22.9 Å². The summed E-state index contributed by atoms with van der Waals surface area (Å²) >= 11 is 4.12. The van der Waals surface area contributed by atoms with Gasteiger partial charge in [0.25, 0.3) is 0 Å². The molecule has 0 N–H and O–H groups in total. The van der Waals surface area contributed by atoms with E-state index in [2.05, 4.69) is 77.5 Å². The second kappa shape index (κ2) is 10.7. The molecule has 1 aliphatic heterocycles. The van der Waals surface area contributed by atoms with E-state index >= 15 is 0 Å². The van der Waals surface area contributed by atoms with Crippen LogP contribution in [0, 0.1) is 5.41 Å². The number of aromatic nitrogens is 1. The lowest BCUT2D eigenvalue weighted by atomic mass is 9.66. The van der Waals surface area contributed by atoms with E-state index in [-0.39, 0.29) is 21.2 Å². The maximum atomic E-state index is 13.5. The Morgan fingerprint density at radius 1 is 1.05 bits per heavy atom. The number of pyridine rings is 1. The number of ether oxygens (including phenoxy) is 1. The van der Waals surface area contributed by atoms with E-state index in [1.54, 1.807) is 12.1 Å². The average Bonchev–Trinajstić information content (AvgIpc) is 3.18. The number of hydrogen-bond acceptors (Lipinski definition) is 2. The average molecular weight is 665 g/mol. The van der Waals surface area contributed by atoms with Gasteiger partial charge < -0.3 is 4.74 Å². The molecule has 3 aliphatic rings. The monoisotopic (exact) mass is 663 g/mol. The summed E-state index contributed by atoms with van der Waals surface area (Å²) in [6.45, 7) is 21.5. The predicted octanol–water partition coefficient (Wildman–Crippen LogP) is 11.4. The third-order valence-electron chi connectivity index (χ3n) is 10.9. The van der Waals surface area contributed by atoms with Gasteiger partial charge in [0, 0.05) is 21.8 Å². The Labute approximate surface area is 260 Å². The summed E-state index contributed by atoms with van der Waals surface area (Å²) in [6, 6.07) is 6.86. The van der Waals surface area contributed by atoms with Crippen LogP contribution in [0.2, 0.25) is 24.2 Å². The molecule has 1 fully saturated rings. The topological polar surface area (TPSA) is 22.1 Å². The maximum Gasteiger partial charge on any atom is 0.416 e. The summed E-state index contributed by atoms with van der Waals surface area (Å²) in [6.07, 6.45) is 1.42. The first-order chi connectivity index (χ1) is 19.3. The zero-order chi connectivity index (χ0) is 31.0. The zero-order valence-electron chi connectivity index (χ0n) is 26.9. The van der Waals surface area contributed by atoms with Crippen LogP contribution >= 0.6 is 15.9 Å². The molecule has 2 heterocycles. The molecule has 7 heteroatoms. The second-order valence-corrected chi connectivity index (χ2v) is 22.9. The molecule has 5 rings (SSSR count). The number of hydrogen-bond donors (Lipinski definition) is 0.